The van der Waals surface area contributed by atoms with E-state index in [1.165, 1.54) is 25.3 Å². The highest BCUT2D eigenvalue weighted by atomic mass is 16.3. The Bertz CT molecular complexity index is 777. The first-order chi connectivity index (χ1) is 12.6. The third-order valence-electron chi connectivity index (χ3n) is 5.32. The van der Waals surface area contributed by atoms with Crippen LogP contribution < -0.4 is 5.32 Å². The average Bonchev–Trinajstić information content (AvgIpc) is 3.09. The van der Waals surface area contributed by atoms with Gasteiger partial charge < -0.3 is 19.1 Å². The highest BCUT2D eigenvalue weighted by Crippen LogP contribution is 2.37. The molecule has 1 atom stereocenters. The lowest BCUT2D eigenvalue weighted by Crippen LogP contribution is -2.46. The van der Waals surface area contributed by atoms with Crippen LogP contribution in [-0.4, -0.2) is 46.3 Å². The molecule has 0 spiro atoms. The van der Waals surface area contributed by atoms with E-state index in [2.05, 4.69) is 15.3 Å². The molecule has 2 aliphatic carbocycles. The summed E-state index contributed by atoms with van der Waals surface area (Å²) in [6, 6.07) is -0.0813. The predicted octanol–water partition coefficient (Wildman–Crippen LogP) is 2.21. The van der Waals surface area contributed by atoms with Gasteiger partial charge in [0.05, 0.1) is 6.04 Å². The summed E-state index contributed by atoms with van der Waals surface area (Å²) in [5, 5.41) is 2.84. The Morgan fingerprint density at radius 1 is 1.27 bits per heavy atom. The number of nitrogens with zero attached hydrogens (tertiary/aromatic N) is 3. The van der Waals surface area contributed by atoms with Crippen LogP contribution in [0.1, 0.15) is 64.9 Å². The number of nitrogens with one attached hydrogen (secondary N) is 1. The van der Waals surface area contributed by atoms with E-state index in [1.54, 1.807) is 11.9 Å². The van der Waals surface area contributed by atoms with Gasteiger partial charge in [-0.25, -0.2) is 9.97 Å². The van der Waals surface area contributed by atoms with Gasteiger partial charge in [0.1, 0.15) is 12.5 Å². The molecule has 2 aliphatic rings. The predicted molar refractivity (Wildman–Crippen MR) is 90.5 cm³/mol. The van der Waals surface area contributed by atoms with E-state index in [0.29, 0.717) is 30.0 Å². The molecule has 138 valence electrons. The Hall–Kier alpha value is -2.64. The molecule has 2 aromatic rings. The molecule has 4 rings (SSSR count). The molecule has 1 unspecified atom stereocenters. The first kappa shape index (κ1) is 16.8. The van der Waals surface area contributed by atoms with Crippen molar-refractivity contribution >= 4 is 11.8 Å². The SMILES string of the molecule is CN(C(=O)c1coc(C2CCC2)n1)C(CNC(=O)c1cocn1)C1CC1. The summed E-state index contributed by atoms with van der Waals surface area (Å²) in [7, 11) is 1.76. The van der Waals surface area contributed by atoms with Gasteiger partial charge in [-0.15, -0.1) is 0 Å². The van der Waals surface area contributed by atoms with Crippen molar-refractivity contribution in [2.24, 2.45) is 5.92 Å². The van der Waals surface area contributed by atoms with Gasteiger partial charge in [-0.05, 0) is 31.6 Å². The number of carbonyl (C=O) groups is 2. The summed E-state index contributed by atoms with van der Waals surface area (Å²) < 4.78 is 10.3. The molecule has 0 radical (unpaired) electrons. The van der Waals surface area contributed by atoms with Crippen molar-refractivity contribution in [2.45, 2.75) is 44.1 Å². The molecule has 2 heterocycles. The fraction of sp³-hybridized carbons (Fsp3) is 0.556. The number of likely N-dealkylation sites (N-methyl/N-ethyl adjacent to an activating group) is 1. The second-order valence-corrected chi connectivity index (χ2v) is 7.10. The van der Waals surface area contributed by atoms with Crippen LogP contribution in [0, 0.1) is 5.92 Å². The second kappa shape index (κ2) is 6.93. The molecule has 1 N–H and O–H groups in total. The lowest BCUT2D eigenvalue weighted by atomic mass is 9.85. The Kier molecular flexibility index (Phi) is 4.48. The fourth-order valence-corrected chi connectivity index (χ4v) is 3.27. The standard InChI is InChI=1S/C18H22N4O4/c1-22(18(24)14-9-26-17(21-14)12-3-2-4-12)15(11-5-6-11)7-19-16(23)13-8-25-10-20-13/h8-12,15H,2-7H2,1H3,(H,19,23). The van der Waals surface area contributed by atoms with Crippen molar-refractivity contribution in [1.82, 2.24) is 20.2 Å². The van der Waals surface area contributed by atoms with Crippen LogP contribution in [-0.2, 0) is 0 Å². The highest BCUT2D eigenvalue weighted by Gasteiger charge is 2.37. The van der Waals surface area contributed by atoms with Crippen molar-refractivity contribution in [3.8, 4) is 0 Å². The fourth-order valence-electron chi connectivity index (χ4n) is 3.27. The molecule has 8 heteroatoms. The molecule has 2 amide bonds. The zero-order chi connectivity index (χ0) is 18.1. The zero-order valence-corrected chi connectivity index (χ0v) is 14.7. The van der Waals surface area contributed by atoms with E-state index in [-0.39, 0.29) is 23.6 Å². The van der Waals surface area contributed by atoms with Crippen molar-refractivity contribution in [1.29, 1.82) is 0 Å². The van der Waals surface area contributed by atoms with Gasteiger partial charge in [-0.2, -0.15) is 0 Å². The summed E-state index contributed by atoms with van der Waals surface area (Å²) in [6.07, 6.45) is 9.39. The summed E-state index contributed by atoms with van der Waals surface area (Å²) >= 11 is 0. The topological polar surface area (TPSA) is 101 Å². The van der Waals surface area contributed by atoms with E-state index in [9.17, 15) is 9.59 Å². The smallest absolute Gasteiger partial charge is 0.275 e. The molecule has 8 nitrogen and oxygen atoms in total. The summed E-state index contributed by atoms with van der Waals surface area (Å²) in [4.78, 5) is 34.8. The van der Waals surface area contributed by atoms with Crippen molar-refractivity contribution < 1.29 is 18.4 Å². The Balaban J connectivity index is 1.40. The maximum Gasteiger partial charge on any atom is 0.275 e. The number of amides is 2. The van der Waals surface area contributed by atoms with E-state index in [4.69, 9.17) is 8.83 Å². The zero-order valence-electron chi connectivity index (χ0n) is 14.7. The minimum Gasteiger partial charge on any atom is -0.451 e. The monoisotopic (exact) mass is 358 g/mol. The van der Waals surface area contributed by atoms with Gasteiger partial charge in [0.25, 0.3) is 11.8 Å². The van der Waals surface area contributed by atoms with E-state index >= 15 is 0 Å². The lowest BCUT2D eigenvalue weighted by molar-refractivity contribution is 0.0693. The number of hydrogen-bond donors (Lipinski definition) is 1. The minimum absolute atomic E-state index is 0.0813. The van der Waals surface area contributed by atoms with Crippen LogP contribution in [0.15, 0.2) is 27.8 Å². The van der Waals surface area contributed by atoms with Crippen LogP contribution in [0.4, 0.5) is 0 Å². The summed E-state index contributed by atoms with van der Waals surface area (Å²) in [6.45, 7) is 0.367. The third kappa shape index (κ3) is 3.36. The first-order valence-corrected chi connectivity index (χ1v) is 9.02. The number of oxazole rings is 2. The van der Waals surface area contributed by atoms with E-state index < -0.39 is 0 Å². The molecule has 2 aromatic heterocycles. The van der Waals surface area contributed by atoms with Crippen molar-refractivity contribution in [3.63, 3.8) is 0 Å². The van der Waals surface area contributed by atoms with E-state index in [0.717, 1.165) is 25.7 Å². The summed E-state index contributed by atoms with van der Waals surface area (Å²) in [5.41, 5.74) is 0.568. The highest BCUT2D eigenvalue weighted by molar-refractivity contribution is 5.93. The van der Waals surface area contributed by atoms with Crippen LogP contribution >= 0.6 is 0 Å². The van der Waals surface area contributed by atoms with Crippen LogP contribution in [0.2, 0.25) is 0 Å². The maximum absolute atomic E-state index is 12.8. The number of aromatic nitrogens is 2. The Morgan fingerprint density at radius 2 is 2.08 bits per heavy atom. The van der Waals surface area contributed by atoms with E-state index in [1.807, 2.05) is 0 Å². The first-order valence-electron chi connectivity index (χ1n) is 9.02. The maximum atomic E-state index is 12.8. The van der Waals surface area contributed by atoms with Crippen molar-refractivity contribution in [3.05, 3.63) is 36.2 Å². The molecular weight excluding hydrogens is 336 g/mol. The molecule has 0 bridgehead atoms. The molecular formula is C18H22N4O4. The average molecular weight is 358 g/mol. The summed E-state index contributed by atoms with van der Waals surface area (Å²) in [5.74, 6) is 0.920. The minimum atomic E-state index is -0.307. The Labute approximate surface area is 151 Å². The third-order valence-corrected chi connectivity index (χ3v) is 5.32. The molecule has 26 heavy (non-hydrogen) atoms. The number of hydrogen-bond acceptors (Lipinski definition) is 6. The van der Waals surface area contributed by atoms with Crippen LogP contribution in [0.5, 0.6) is 0 Å². The molecule has 2 saturated carbocycles. The second-order valence-electron chi connectivity index (χ2n) is 7.10. The van der Waals surface area contributed by atoms with Gasteiger partial charge in [-0.3, -0.25) is 9.59 Å². The van der Waals surface area contributed by atoms with Crippen LogP contribution in [0.25, 0.3) is 0 Å². The van der Waals surface area contributed by atoms with Gasteiger partial charge in [0.15, 0.2) is 23.7 Å². The Morgan fingerprint density at radius 3 is 2.69 bits per heavy atom. The molecule has 0 aromatic carbocycles. The molecule has 0 aliphatic heterocycles. The van der Waals surface area contributed by atoms with Gasteiger partial charge in [-0.1, -0.05) is 6.42 Å². The van der Waals surface area contributed by atoms with Crippen molar-refractivity contribution in [2.75, 3.05) is 13.6 Å². The van der Waals surface area contributed by atoms with Gasteiger partial charge >= 0.3 is 0 Å². The van der Waals surface area contributed by atoms with Gasteiger partial charge in [0.2, 0.25) is 0 Å². The number of rotatable bonds is 7. The normalized spacial score (nSPS) is 18.2. The molecule has 2 fully saturated rings. The molecule has 0 saturated heterocycles. The van der Waals surface area contributed by atoms with Crippen LogP contribution in [0.3, 0.4) is 0 Å². The van der Waals surface area contributed by atoms with Gasteiger partial charge in [0, 0.05) is 19.5 Å². The number of carbonyl (C=O) groups excluding carboxylic acids is 2. The largest absolute Gasteiger partial charge is 0.451 e. The lowest BCUT2D eigenvalue weighted by Gasteiger charge is -2.27. The quantitative estimate of drug-likeness (QED) is 0.814.